The first kappa shape index (κ1) is 20.6. The van der Waals surface area contributed by atoms with E-state index in [9.17, 15) is 5.11 Å². The number of rotatable bonds is 4. The van der Waals surface area contributed by atoms with Gasteiger partial charge in [-0.25, -0.2) is 0 Å². The Morgan fingerprint density at radius 1 is 1.00 bits per heavy atom. The number of benzene rings is 2. The molecule has 0 bridgehead atoms. The molecule has 0 fully saturated rings. The third-order valence-corrected chi connectivity index (χ3v) is 7.21. The number of fused-ring (bicyclic) bond motifs is 3. The zero-order valence-electron chi connectivity index (χ0n) is 18.3. The molecule has 0 amide bonds. The molecule has 5 rings (SSSR count). The van der Waals surface area contributed by atoms with Crippen molar-refractivity contribution in [3.8, 4) is 16.1 Å². The van der Waals surface area contributed by atoms with Crippen LogP contribution in [0.5, 0.6) is 0 Å². The zero-order valence-corrected chi connectivity index (χ0v) is 19.1. The number of thiophene rings is 1. The lowest BCUT2D eigenvalue weighted by molar-refractivity contribution is 0.274. The lowest BCUT2D eigenvalue weighted by atomic mass is 9.97. The van der Waals surface area contributed by atoms with Gasteiger partial charge >= 0.3 is 0 Å². The van der Waals surface area contributed by atoms with E-state index in [4.69, 9.17) is 10.7 Å². The number of aliphatic hydroxyl groups is 1. The molecule has 0 spiro atoms. The molecule has 7 heteroatoms. The Morgan fingerprint density at radius 3 is 2.47 bits per heavy atom. The van der Waals surface area contributed by atoms with Crippen LogP contribution in [0.4, 0.5) is 5.69 Å². The summed E-state index contributed by atoms with van der Waals surface area (Å²) < 4.78 is 2.11. The standard InChI is InChI=1S/C25H25N5OS/c1-14-15(2)32-25-22(14)23(27-21(11-12-31)24-29-28-16(3)30(24)25)18-9-7-17(8-10-18)19-5-4-6-20(26)13-19/h4-10,13,21,31H,11-12,26H2,1-3H3/t21-/m0/s1. The highest BCUT2D eigenvalue weighted by Gasteiger charge is 2.31. The van der Waals surface area contributed by atoms with Crippen LogP contribution in [0.25, 0.3) is 16.1 Å². The molecule has 162 valence electrons. The predicted molar refractivity (Wildman–Crippen MR) is 130 cm³/mol. The van der Waals surface area contributed by atoms with Gasteiger partial charge in [-0.2, -0.15) is 0 Å². The van der Waals surface area contributed by atoms with Crippen molar-refractivity contribution in [3.05, 3.63) is 81.7 Å². The van der Waals surface area contributed by atoms with Crippen LogP contribution in [0.3, 0.4) is 0 Å². The van der Waals surface area contributed by atoms with E-state index in [1.54, 1.807) is 11.3 Å². The van der Waals surface area contributed by atoms with Crippen molar-refractivity contribution in [1.82, 2.24) is 14.8 Å². The molecule has 1 aliphatic heterocycles. The van der Waals surface area contributed by atoms with Crippen molar-refractivity contribution in [3.63, 3.8) is 0 Å². The number of anilines is 1. The maximum absolute atomic E-state index is 9.72. The van der Waals surface area contributed by atoms with Crippen molar-refractivity contribution < 1.29 is 5.11 Å². The molecule has 0 aliphatic carbocycles. The summed E-state index contributed by atoms with van der Waals surface area (Å²) in [6.45, 7) is 6.28. The van der Waals surface area contributed by atoms with Crippen molar-refractivity contribution in [2.75, 3.05) is 12.3 Å². The fourth-order valence-corrected chi connectivity index (χ4v) is 5.46. The van der Waals surface area contributed by atoms with Crippen molar-refractivity contribution in [1.29, 1.82) is 0 Å². The summed E-state index contributed by atoms with van der Waals surface area (Å²) >= 11 is 1.74. The Hall–Kier alpha value is -3.29. The van der Waals surface area contributed by atoms with Crippen LogP contribution >= 0.6 is 11.3 Å². The molecule has 3 N–H and O–H groups in total. The zero-order chi connectivity index (χ0) is 22.4. The fraction of sp³-hybridized carbons (Fsp3) is 0.240. The van der Waals surface area contributed by atoms with Crippen LogP contribution in [-0.2, 0) is 0 Å². The number of aromatic nitrogens is 3. The molecule has 0 radical (unpaired) electrons. The molecule has 2 aromatic heterocycles. The average Bonchev–Trinajstić information content (AvgIpc) is 3.26. The van der Waals surface area contributed by atoms with E-state index in [1.165, 1.54) is 10.4 Å². The van der Waals surface area contributed by atoms with E-state index in [0.29, 0.717) is 6.42 Å². The number of aryl methyl sites for hydroxylation is 2. The topological polar surface area (TPSA) is 89.3 Å². The van der Waals surface area contributed by atoms with Gasteiger partial charge in [0.25, 0.3) is 0 Å². The normalized spacial score (nSPS) is 15.1. The summed E-state index contributed by atoms with van der Waals surface area (Å²) in [5.41, 5.74) is 13.2. The second kappa shape index (κ2) is 8.00. The molecule has 1 atom stereocenters. The molecular weight excluding hydrogens is 418 g/mol. The largest absolute Gasteiger partial charge is 0.399 e. The monoisotopic (exact) mass is 443 g/mol. The summed E-state index contributed by atoms with van der Waals surface area (Å²) in [5.74, 6) is 1.62. The quantitative estimate of drug-likeness (QED) is 0.444. The Balaban J connectivity index is 1.67. The molecule has 4 aromatic rings. The van der Waals surface area contributed by atoms with Gasteiger partial charge in [-0.05, 0) is 49.6 Å². The van der Waals surface area contributed by atoms with Gasteiger partial charge < -0.3 is 10.8 Å². The number of nitrogens with zero attached hydrogens (tertiary/aromatic N) is 4. The number of nitrogens with two attached hydrogens (primary N) is 1. The van der Waals surface area contributed by atoms with E-state index < -0.39 is 0 Å². The van der Waals surface area contributed by atoms with Gasteiger partial charge in [-0.15, -0.1) is 21.5 Å². The van der Waals surface area contributed by atoms with E-state index in [2.05, 4.69) is 58.9 Å². The minimum absolute atomic E-state index is 0.0351. The SMILES string of the molecule is Cc1sc2c(c1C)C(c1ccc(-c3cccc(N)c3)cc1)=N[C@@H](CCO)c1nnc(C)n1-2. The summed E-state index contributed by atoms with van der Waals surface area (Å²) in [6, 6.07) is 16.1. The summed E-state index contributed by atoms with van der Waals surface area (Å²) in [4.78, 5) is 6.39. The number of hydrogen-bond acceptors (Lipinski definition) is 6. The minimum Gasteiger partial charge on any atom is -0.399 e. The van der Waals surface area contributed by atoms with Crippen LogP contribution in [0, 0.1) is 20.8 Å². The number of aliphatic hydroxyl groups excluding tert-OH is 1. The Morgan fingerprint density at radius 2 is 1.75 bits per heavy atom. The second-order valence-electron chi connectivity index (χ2n) is 8.11. The third-order valence-electron chi connectivity index (χ3n) is 6.02. The van der Waals surface area contributed by atoms with Crippen molar-refractivity contribution in [2.24, 2.45) is 4.99 Å². The predicted octanol–water partition coefficient (Wildman–Crippen LogP) is 4.78. The first-order valence-electron chi connectivity index (χ1n) is 10.7. The Kier molecular flexibility index (Phi) is 5.15. The summed E-state index contributed by atoms with van der Waals surface area (Å²) in [5, 5.41) is 19.6. The van der Waals surface area contributed by atoms with Crippen LogP contribution in [0.1, 0.15) is 45.7 Å². The van der Waals surface area contributed by atoms with E-state index >= 15 is 0 Å². The highest BCUT2D eigenvalue weighted by atomic mass is 32.1. The molecule has 0 unspecified atom stereocenters. The molecule has 2 aromatic carbocycles. The average molecular weight is 444 g/mol. The number of aliphatic imine (C=N–C) groups is 1. The van der Waals surface area contributed by atoms with Gasteiger partial charge in [0.05, 0.1) is 5.71 Å². The lowest BCUT2D eigenvalue weighted by Gasteiger charge is -2.12. The fourth-order valence-electron chi connectivity index (χ4n) is 4.24. The molecule has 0 saturated carbocycles. The Labute approximate surface area is 191 Å². The van der Waals surface area contributed by atoms with Crippen molar-refractivity contribution >= 4 is 22.7 Å². The highest BCUT2D eigenvalue weighted by Crippen LogP contribution is 2.39. The number of hydrogen-bond donors (Lipinski definition) is 2. The molecular formula is C25H25N5OS. The van der Waals surface area contributed by atoms with Gasteiger partial charge in [0.1, 0.15) is 16.9 Å². The van der Waals surface area contributed by atoms with Gasteiger partial charge in [0, 0.05) is 34.7 Å². The van der Waals surface area contributed by atoms with Crippen LogP contribution < -0.4 is 5.73 Å². The molecule has 6 nitrogen and oxygen atoms in total. The molecule has 32 heavy (non-hydrogen) atoms. The second-order valence-corrected chi connectivity index (χ2v) is 9.32. The summed E-state index contributed by atoms with van der Waals surface area (Å²) in [7, 11) is 0. The van der Waals surface area contributed by atoms with Crippen LogP contribution in [-0.4, -0.2) is 32.2 Å². The maximum atomic E-state index is 9.72. The lowest BCUT2D eigenvalue weighted by Crippen LogP contribution is -2.08. The molecule has 0 saturated heterocycles. The van der Waals surface area contributed by atoms with E-state index in [0.717, 1.165) is 50.3 Å². The molecule has 3 heterocycles. The first-order chi connectivity index (χ1) is 15.5. The minimum atomic E-state index is -0.260. The van der Waals surface area contributed by atoms with Gasteiger partial charge in [0.15, 0.2) is 5.82 Å². The summed E-state index contributed by atoms with van der Waals surface area (Å²) in [6.07, 6.45) is 0.496. The smallest absolute Gasteiger partial charge is 0.163 e. The van der Waals surface area contributed by atoms with E-state index in [-0.39, 0.29) is 12.6 Å². The number of nitrogen functional groups attached to an aromatic ring is 1. The van der Waals surface area contributed by atoms with Gasteiger partial charge in [-0.3, -0.25) is 9.56 Å². The van der Waals surface area contributed by atoms with Gasteiger partial charge in [-0.1, -0.05) is 36.4 Å². The van der Waals surface area contributed by atoms with E-state index in [1.807, 2.05) is 25.1 Å². The molecule has 1 aliphatic rings. The third kappa shape index (κ3) is 3.34. The van der Waals surface area contributed by atoms with Crippen LogP contribution in [0.2, 0.25) is 0 Å². The highest BCUT2D eigenvalue weighted by molar-refractivity contribution is 7.15. The first-order valence-corrected chi connectivity index (χ1v) is 11.5. The maximum Gasteiger partial charge on any atom is 0.163 e. The Bertz CT molecular complexity index is 1330. The van der Waals surface area contributed by atoms with Crippen LogP contribution in [0.15, 0.2) is 53.5 Å². The van der Waals surface area contributed by atoms with Gasteiger partial charge in [0.2, 0.25) is 0 Å². The van der Waals surface area contributed by atoms with Crippen molar-refractivity contribution in [2.45, 2.75) is 33.2 Å².